The van der Waals surface area contributed by atoms with E-state index < -0.39 is 0 Å². The van der Waals surface area contributed by atoms with Crippen molar-refractivity contribution < 1.29 is 4.74 Å². The molecule has 18 heavy (non-hydrogen) atoms. The summed E-state index contributed by atoms with van der Waals surface area (Å²) in [6.07, 6.45) is 3.62. The van der Waals surface area contributed by atoms with Crippen LogP contribution < -0.4 is 5.32 Å². The third-order valence-electron chi connectivity index (χ3n) is 3.86. The number of hydrogen-bond donors (Lipinski definition) is 1. The summed E-state index contributed by atoms with van der Waals surface area (Å²) < 4.78 is 5.41. The van der Waals surface area contributed by atoms with Crippen LogP contribution in [-0.2, 0) is 4.74 Å². The van der Waals surface area contributed by atoms with Crippen molar-refractivity contribution in [2.45, 2.75) is 39.2 Å². The molecule has 0 saturated carbocycles. The quantitative estimate of drug-likeness (QED) is 0.831. The molecular formula is C16H25NO. The van der Waals surface area contributed by atoms with E-state index in [0.717, 1.165) is 32.1 Å². The summed E-state index contributed by atoms with van der Waals surface area (Å²) >= 11 is 0. The SMILES string of the molecule is CCC(NCCC1CCOC1)c1ccc(C)cc1. The van der Waals surface area contributed by atoms with Crippen molar-refractivity contribution in [1.82, 2.24) is 5.32 Å². The number of rotatable bonds is 6. The van der Waals surface area contributed by atoms with E-state index in [2.05, 4.69) is 43.4 Å². The number of aryl methyl sites for hydroxylation is 1. The van der Waals surface area contributed by atoms with Gasteiger partial charge >= 0.3 is 0 Å². The van der Waals surface area contributed by atoms with Gasteiger partial charge in [0, 0.05) is 19.3 Å². The zero-order valence-corrected chi connectivity index (χ0v) is 11.6. The van der Waals surface area contributed by atoms with E-state index in [0.29, 0.717) is 6.04 Å². The molecule has 1 fully saturated rings. The fraction of sp³-hybridized carbons (Fsp3) is 0.625. The second-order valence-electron chi connectivity index (χ2n) is 5.34. The highest BCUT2D eigenvalue weighted by Gasteiger charge is 2.16. The lowest BCUT2D eigenvalue weighted by molar-refractivity contribution is 0.184. The van der Waals surface area contributed by atoms with Crippen LogP contribution in [0.5, 0.6) is 0 Å². The molecule has 2 heteroatoms. The van der Waals surface area contributed by atoms with E-state index in [-0.39, 0.29) is 0 Å². The molecule has 0 bridgehead atoms. The Hall–Kier alpha value is -0.860. The minimum atomic E-state index is 0.493. The van der Waals surface area contributed by atoms with Crippen LogP contribution in [0.2, 0.25) is 0 Å². The number of hydrogen-bond acceptors (Lipinski definition) is 2. The zero-order valence-electron chi connectivity index (χ0n) is 11.6. The highest BCUT2D eigenvalue weighted by Crippen LogP contribution is 2.19. The number of nitrogens with one attached hydrogen (secondary N) is 1. The normalized spacial score (nSPS) is 21.1. The minimum Gasteiger partial charge on any atom is -0.381 e. The van der Waals surface area contributed by atoms with Crippen molar-refractivity contribution in [2.24, 2.45) is 5.92 Å². The van der Waals surface area contributed by atoms with Gasteiger partial charge in [-0.15, -0.1) is 0 Å². The summed E-state index contributed by atoms with van der Waals surface area (Å²) in [6, 6.07) is 9.38. The van der Waals surface area contributed by atoms with Crippen molar-refractivity contribution >= 4 is 0 Å². The fourth-order valence-corrected chi connectivity index (χ4v) is 2.57. The number of ether oxygens (including phenoxy) is 1. The van der Waals surface area contributed by atoms with Gasteiger partial charge in [0.05, 0.1) is 0 Å². The maximum Gasteiger partial charge on any atom is 0.0495 e. The summed E-state index contributed by atoms with van der Waals surface area (Å²) in [4.78, 5) is 0. The van der Waals surface area contributed by atoms with Crippen molar-refractivity contribution in [1.29, 1.82) is 0 Å². The molecule has 1 aromatic carbocycles. The molecule has 2 rings (SSSR count). The maximum absolute atomic E-state index is 5.41. The molecule has 2 nitrogen and oxygen atoms in total. The highest BCUT2D eigenvalue weighted by molar-refractivity contribution is 5.24. The maximum atomic E-state index is 5.41. The van der Waals surface area contributed by atoms with Crippen molar-refractivity contribution in [3.8, 4) is 0 Å². The van der Waals surface area contributed by atoms with E-state index in [1.54, 1.807) is 0 Å². The highest BCUT2D eigenvalue weighted by atomic mass is 16.5. The van der Waals surface area contributed by atoms with Gasteiger partial charge in [0.2, 0.25) is 0 Å². The van der Waals surface area contributed by atoms with Crippen LogP contribution in [0.1, 0.15) is 43.4 Å². The van der Waals surface area contributed by atoms with Crippen LogP contribution in [0.4, 0.5) is 0 Å². The number of benzene rings is 1. The van der Waals surface area contributed by atoms with E-state index in [4.69, 9.17) is 4.74 Å². The second-order valence-corrected chi connectivity index (χ2v) is 5.34. The minimum absolute atomic E-state index is 0.493. The predicted molar refractivity (Wildman–Crippen MR) is 75.8 cm³/mol. The Kier molecular flexibility index (Phi) is 5.21. The van der Waals surface area contributed by atoms with E-state index in [1.807, 2.05) is 0 Å². The predicted octanol–water partition coefficient (Wildman–Crippen LogP) is 3.46. The molecule has 2 atom stereocenters. The molecule has 2 unspecified atom stereocenters. The molecule has 1 aromatic rings. The van der Waals surface area contributed by atoms with Gasteiger partial charge in [0.15, 0.2) is 0 Å². The molecule has 1 saturated heterocycles. The van der Waals surface area contributed by atoms with Gasteiger partial charge in [-0.2, -0.15) is 0 Å². The average Bonchev–Trinajstić information content (AvgIpc) is 2.89. The van der Waals surface area contributed by atoms with Gasteiger partial charge < -0.3 is 10.1 Å². The summed E-state index contributed by atoms with van der Waals surface area (Å²) in [7, 11) is 0. The van der Waals surface area contributed by atoms with Crippen LogP contribution in [0, 0.1) is 12.8 Å². The van der Waals surface area contributed by atoms with Crippen LogP contribution in [0.3, 0.4) is 0 Å². The molecule has 0 radical (unpaired) electrons. The largest absolute Gasteiger partial charge is 0.381 e. The first-order valence-corrected chi connectivity index (χ1v) is 7.17. The fourth-order valence-electron chi connectivity index (χ4n) is 2.57. The van der Waals surface area contributed by atoms with E-state index in [9.17, 15) is 0 Å². The molecule has 1 heterocycles. The van der Waals surface area contributed by atoms with E-state index in [1.165, 1.54) is 24.0 Å². The smallest absolute Gasteiger partial charge is 0.0495 e. The third-order valence-corrected chi connectivity index (χ3v) is 3.86. The van der Waals surface area contributed by atoms with Crippen molar-refractivity contribution in [3.05, 3.63) is 35.4 Å². The Labute approximate surface area is 111 Å². The van der Waals surface area contributed by atoms with Crippen LogP contribution in [0.25, 0.3) is 0 Å². The topological polar surface area (TPSA) is 21.3 Å². The molecule has 1 N–H and O–H groups in total. The average molecular weight is 247 g/mol. The second kappa shape index (κ2) is 6.91. The summed E-state index contributed by atoms with van der Waals surface area (Å²) in [5.41, 5.74) is 2.74. The van der Waals surface area contributed by atoms with Crippen LogP contribution >= 0.6 is 0 Å². The Morgan fingerprint density at radius 1 is 1.33 bits per heavy atom. The van der Waals surface area contributed by atoms with Crippen molar-refractivity contribution in [3.63, 3.8) is 0 Å². The Bertz CT molecular complexity index is 341. The first-order valence-electron chi connectivity index (χ1n) is 7.17. The molecular weight excluding hydrogens is 222 g/mol. The Morgan fingerprint density at radius 3 is 2.72 bits per heavy atom. The lowest BCUT2D eigenvalue weighted by atomic mass is 10.0. The van der Waals surface area contributed by atoms with Gasteiger partial charge in [-0.1, -0.05) is 36.8 Å². The molecule has 0 spiro atoms. The molecule has 100 valence electrons. The molecule has 1 aliphatic rings. The van der Waals surface area contributed by atoms with Gasteiger partial charge in [-0.05, 0) is 44.2 Å². The summed E-state index contributed by atoms with van der Waals surface area (Å²) in [5, 5.41) is 3.68. The summed E-state index contributed by atoms with van der Waals surface area (Å²) in [6.45, 7) is 7.40. The molecule has 0 aliphatic carbocycles. The first-order chi connectivity index (χ1) is 8.79. The molecule has 0 aromatic heterocycles. The van der Waals surface area contributed by atoms with Crippen molar-refractivity contribution in [2.75, 3.05) is 19.8 Å². The molecule has 0 amide bonds. The van der Waals surface area contributed by atoms with Gasteiger partial charge in [0.1, 0.15) is 0 Å². The van der Waals surface area contributed by atoms with Crippen LogP contribution in [0.15, 0.2) is 24.3 Å². The van der Waals surface area contributed by atoms with Gasteiger partial charge in [-0.25, -0.2) is 0 Å². The molecule has 1 aliphatic heterocycles. The Morgan fingerprint density at radius 2 is 2.11 bits per heavy atom. The lowest BCUT2D eigenvalue weighted by Crippen LogP contribution is -2.23. The summed E-state index contributed by atoms with van der Waals surface area (Å²) in [5.74, 6) is 0.771. The van der Waals surface area contributed by atoms with E-state index >= 15 is 0 Å². The third kappa shape index (κ3) is 3.82. The zero-order chi connectivity index (χ0) is 12.8. The van der Waals surface area contributed by atoms with Gasteiger partial charge in [0.25, 0.3) is 0 Å². The van der Waals surface area contributed by atoms with Crippen LogP contribution in [-0.4, -0.2) is 19.8 Å². The monoisotopic (exact) mass is 247 g/mol. The standard InChI is InChI=1S/C16H25NO/c1-3-16(15-6-4-13(2)5-7-15)17-10-8-14-9-11-18-12-14/h4-7,14,16-17H,3,8-12H2,1-2H3. The first kappa shape index (κ1) is 13.6. The Balaban J connectivity index is 1.79. The van der Waals surface area contributed by atoms with Gasteiger partial charge in [-0.3, -0.25) is 0 Å². The lowest BCUT2D eigenvalue weighted by Gasteiger charge is -2.18.